The van der Waals surface area contributed by atoms with Gasteiger partial charge in [-0.15, -0.1) is 9.24 Å². The third kappa shape index (κ3) is 3.85. The van der Waals surface area contributed by atoms with Gasteiger partial charge < -0.3 is 0 Å². The normalized spacial score (nSPS) is 24.4. The van der Waals surface area contributed by atoms with E-state index in [1.165, 1.54) is 57.8 Å². The molecule has 0 N–H and O–H groups in total. The summed E-state index contributed by atoms with van der Waals surface area (Å²) in [4.78, 5) is 0. The van der Waals surface area contributed by atoms with Gasteiger partial charge in [-0.25, -0.2) is 0 Å². The van der Waals surface area contributed by atoms with Crippen LogP contribution in [0.25, 0.3) is 0 Å². The van der Waals surface area contributed by atoms with Crippen LogP contribution in [0.4, 0.5) is 0 Å². The minimum Gasteiger partial charge on any atom is -0.131 e. The molecule has 0 saturated heterocycles. The Bertz CT molecular complexity index is 408. The van der Waals surface area contributed by atoms with Crippen LogP contribution in [0, 0.1) is 5.92 Å². The van der Waals surface area contributed by atoms with Crippen molar-refractivity contribution in [2.75, 3.05) is 0 Å². The molecule has 2 unspecified atom stereocenters. The molecule has 1 aliphatic rings. The number of hydrogen-bond acceptors (Lipinski definition) is 0. The highest BCUT2D eigenvalue weighted by molar-refractivity contribution is 7.19. The van der Waals surface area contributed by atoms with Gasteiger partial charge in [0.25, 0.3) is 0 Å². The maximum atomic E-state index is 3.28. The van der Waals surface area contributed by atoms with Gasteiger partial charge in [-0.1, -0.05) is 57.4 Å². The van der Waals surface area contributed by atoms with Crippen molar-refractivity contribution in [3.05, 3.63) is 35.4 Å². The summed E-state index contributed by atoms with van der Waals surface area (Å²) in [5.41, 5.74) is 3.21. The highest BCUT2D eigenvalue weighted by atomic mass is 31.0. The van der Waals surface area contributed by atoms with E-state index in [9.17, 15) is 0 Å². The Morgan fingerprint density at radius 2 is 1.50 bits per heavy atom. The summed E-state index contributed by atoms with van der Waals surface area (Å²) in [7, 11) is 3.28. The predicted octanol–water partition coefficient (Wildman–Crippen LogP) is 5.79. The first-order valence-electron chi connectivity index (χ1n) is 8.55. The summed E-state index contributed by atoms with van der Waals surface area (Å²) in [5.74, 6) is 0.877. The van der Waals surface area contributed by atoms with Crippen molar-refractivity contribution in [3.8, 4) is 0 Å². The van der Waals surface area contributed by atoms with E-state index in [-0.39, 0.29) is 0 Å². The number of benzene rings is 1. The van der Waals surface area contributed by atoms with Crippen LogP contribution in [-0.2, 0) is 12.8 Å². The maximum absolute atomic E-state index is 3.28. The van der Waals surface area contributed by atoms with E-state index in [1.807, 2.05) is 0 Å². The van der Waals surface area contributed by atoms with E-state index in [4.69, 9.17) is 0 Å². The highest BCUT2D eigenvalue weighted by Gasteiger charge is 2.31. The quantitative estimate of drug-likeness (QED) is 0.618. The third-order valence-electron chi connectivity index (χ3n) is 5.34. The Labute approximate surface area is 127 Å². The number of aryl methyl sites for hydroxylation is 2. The first-order chi connectivity index (χ1) is 9.69. The molecule has 2 rings (SSSR count). The van der Waals surface area contributed by atoms with Crippen LogP contribution in [0.5, 0.6) is 0 Å². The van der Waals surface area contributed by atoms with E-state index in [1.54, 1.807) is 11.1 Å². The zero-order chi connectivity index (χ0) is 14.4. The molecule has 0 aromatic heterocycles. The Balaban J connectivity index is 2.10. The first kappa shape index (κ1) is 16.0. The molecular weight excluding hydrogens is 259 g/mol. The van der Waals surface area contributed by atoms with E-state index in [2.05, 4.69) is 47.4 Å². The molecule has 1 heteroatoms. The van der Waals surface area contributed by atoms with Crippen LogP contribution in [-0.4, -0.2) is 5.16 Å². The molecule has 0 nitrogen and oxygen atoms in total. The molecule has 0 bridgehead atoms. The smallest absolute Gasteiger partial charge is 0.0122 e. The van der Waals surface area contributed by atoms with Crippen molar-refractivity contribution in [3.63, 3.8) is 0 Å². The SMILES string of the molecule is CCC(CC)C1(P)CCCCc2ccccc2CCC1. The molecule has 0 amide bonds. The van der Waals surface area contributed by atoms with Crippen molar-refractivity contribution in [1.82, 2.24) is 0 Å². The Kier molecular flexibility index (Phi) is 6.09. The fraction of sp³-hybridized carbons (Fsp3) is 0.684. The van der Waals surface area contributed by atoms with Crippen molar-refractivity contribution in [2.45, 2.75) is 76.8 Å². The standard InChI is InChI=1S/C19H31P/c1-3-18(4-2)19(20)14-8-7-12-16-10-5-6-11-17(16)13-9-15-19/h5-6,10-11,18H,3-4,7-9,12-15,20H2,1-2H3. The maximum Gasteiger partial charge on any atom is -0.0122 e. The lowest BCUT2D eigenvalue weighted by Crippen LogP contribution is -2.31. The molecule has 112 valence electrons. The third-order valence-corrected chi connectivity index (χ3v) is 6.39. The van der Waals surface area contributed by atoms with Gasteiger partial charge in [0.1, 0.15) is 0 Å². The molecular formula is C19H31P. The first-order valence-corrected chi connectivity index (χ1v) is 9.13. The Morgan fingerprint density at radius 3 is 2.10 bits per heavy atom. The predicted molar refractivity (Wildman–Crippen MR) is 93.4 cm³/mol. The fourth-order valence-corrected chi connectivity index (χ4v) is 4.94. The number of hydrogen-bond donors (Lipinski definition) is 0. The molecule has 0 heterocycles. The zero-order valence-corrected chi connectivity index (χ0v) is 14.5. The van der Waals surface area contributed by atoms with Crippen molar-refractivity contribution in [1.29, 1.82) is 0 Å². The largest absolute Gasteiger partial charge is 0.131 e. The zero-order valence-electron chi connectivity index (χ0n) is 13.3. The van der Waals surface area contributed by atoms with Gasteiger partial charge in [-0.05, 0) is 60.7 Å². The fourth-order valence-electron chi connectivity index (χ4n) is 4.06. The van der Waals surface area contributed by atoms with Crippen LogP contribution in [0.3, 0.4) is 0 Å². The average Bonchev–Trinajstić information content (AvgIpc) is 2.46. The second-order valence-corrected chi connectivity index (χ2v) is 7.73. The van der Waals surface area contributed by atoms with E-state index < -0.39 is 0 Å². The van der Waals surface area contributed by atoms with E-state index in [0.717, 1.165) is 5.92 Å². The van der Waals surface area contributed by atoms with Gasteiger partial charge in [-0.2, -0.15) is 0 Å². The molecule has 1 aromatic carbocycles. The van der Waals surface area contributed by atoms with Gasteiger partial charge >= 0.3 is 0 Å². The Morgan fingerprint density at radius 1 is 0.950 bits per heavy atom. The van der Waals surface area contributed by atoms with Gasteiger partial charge in [-0.3, -0.25) is 0 Å². The summed E-state index contributed by atoms with van der Waals surface area (Å²) >= 11 is 0. The molecule has 0 radical (unpaired) electrons. The van der Waals surface area contributed by atoms with Crippen LogP contribution >= 0.6 is 9.24 Å². The minimum atomic E-state index is 0.496. The summed E-state index contributed by atoms with van der Waals surface area (Å²) in [5, 5.41) is 0.496. The monoisotopic (exact) mass is 290 g/mol. The van der Waals surface area contributed by atoms with Crippen molar-refractivity contribution >= 4 is 9.24 Å². The number of rotatable bonds is 3. The summed E-state index contributed by atoms with van der Waals surface area (Å²) in [6.07, 6.45) is 12.1. The summed E-state index contributed by atoms with van der Waals surface area (Å²) < 4.78 is 0. The second kappa shape index (κ2) is 7.60. The van der Waals surface area contributed by atoms with E-state index in [0.29, 0.717) is 5.16 Å². The lowest BCUT2D eigenvalue weighted by atomic mass is 9.78. The van der Waals surface area contributed by atoms with Crippen molar-refractivity contribution < 1.29 is 0 Å². The molecule has 0 spiro atoms. The summed E-state index contributed by atoms with van der Waals surface area (Å²) in [6, 6.07) is 9.10. The van der Waals surface area contributed by atoms with E-state index >= 15 is 0 Å². The molecule has 0 aliphatic heterocycles. The lowest BCUT2D eigenvalue weighted by molar-refractivity contribution is 0.302. The van der Waals surface area contributed by atoms with Crippen LogP contribution in [0.2, 0.25) is 0 Å². The van der Waals surface area contributed by atoms with Gasteiger partial charge in [0.05, 0.1) is 0 Å². The highest BCUT2D eigenvalue weighted by Crippen LogP contribution is 2.42. The van der Waals surface area contributed by atoms with Gasteiger partial charge in [0.2, 0.25) is 0 Å². The van der Waals surface area contributed by atoms with Crippen LogP contribution < -0.4 is 0 Å². The average molecular weight is 290 g/mol. The molecule has 0 fully saturated rings. The topological polar surface area (TPSA) is 0 Å². The van der Waals surface area contributed by atoms with Gasteiger partial charge in [0, 0.05) is 0 Å². The second-order valence-electron chi connectivity index (χ2n) is 6.58. The molecule has 1 aromatic rings. The minimum absolute atomic E-state index is 0.496. The van der Waals surface area contributed by atoms with Gasteiger partial charge in [0.15, 0.2) is 0 Å². The number of fused-ring (bicyclic) bond motifs is 1. The molecule has 20 heavy (non-hydrogen) atoms. The van der Waals surface area contributed by atoms with Crippen LogP contribution in [0.15, 0.2) is 24.3 Å². The van der Waals surface area contributed by atoms with Crippen molar-refractivity contribution in [2.24, 2.45) is 5.92 Å². The van der Waals surface area contributed by atoms with Crippen LogP contribution in [0.1, 0.15) is 69.9 Å². The molecule has 2 atom stereocenters. The lowest BCUT2D eigenvalue weighted by Gasteiger charge is -2.38. The molecule has 1 aliphatic carbocycles. The molecule has 0 saturated carbocycles. The summed E-state index contributed by atoms with van der Waals surface area (Å²) in [6.45, 7) is 4.74. The Hall–Kier alpha value is -0.350.